The lowest BCUT2D eigenvalue weighted by Gasteiger charge is -2.01. The molecule has 0 fully saturated rings. The van der Waals surface area contributed by atoms with Crippen LogP contribution in [0.3, 0.4) is 0 Å². The number of aromatic nitrogens is 3. The van der Waals surface area contributed by atoms with Gasteiger partial charge in [-0.15, -0.1) is 28.8 Å². The molecule has 4 aromatic rings. The van der Waals surface area contributed by atoms with E-state index in [4.69, 9.17) is 4.74 Å². The van der Waals surface area contributed by atoms with Crippen molar-refractivity contribution in [2.45, 2.75) is 6.61 Å². The van der Waals surface area contributed by atoms with Gasteiger partial charge in [0.05, 0.1) is 22.5 Å². The number of para-hydroxylation sites is 1. The molecule has 2 aromatic heterocycles. The van der Waals surface area contributed by atoms with E-state index in [9.17, 15) is 9.90 Å². The summed E-state index contributed by atoms with van der Waals surface area (Å²) in [5, 5.41) is 16.7. The van der Waals surface area contributed by atoms with E-state index in [1.54, 1.807) is 47.3 Å². The maximum absolute atomic E-state index is 12.0. The van der Waals surface area contributed by atoms with Crippen LogP contribution in [0.1, 0.15) is 26.6 Å². The number of rotatable bonds is 6. The number of esters is 1. The number of nitrogens with zero attached hydrogens (tertiary/aromatic N) is 3. The first-order valence-electron chi connectivity index (χ1n) is 8.88. The third-order valence-corrected chi connectivity index (χ3v) is 4.92. The maximum Gasteiger partial charge on any atom is 0.338 e. The zero-order chi connectivity index (χ0) is 20.1. The lowest BCUT2D eigenvalue weighted by molar-refractivity contribution is 0.0472. The highest BCUT2D eigenvalue weighted by Crippen LogP contribution is 2.21. The fourth-order valence-electron chi connectivity index (χ4n) is 2.64. The van der Waals surface area contributed by atoms with Crippen LogP contribution in [0.15, 0.2) is 72.2 Å². The topological polar surface area (TPSA) is 77.2 Å². The van der Waals surface area contributed by atoms with Crippen molar-refractivity contribution < 1.29 is 14.6 Å². The lowest BCUT2D eigenvalue weighted by Crippen LogP contribution is -2.04. The summed E-state index contributed by atoms with van der Waals surface area (Å²) < 4.78 is 6.91. The second-order valence-corrected chi connectivity index (χ2v) is 7.07. The van der Waals surface area contributed by atoms with E-state index in [-0.39, 0.29) is 30.9 Å². The second-order valence-electron chi connectivity index (χ2n) is 6.13. The van der Waals surface area contributed by atoms with Crippen molar-refractivity contribution in [2.24, 2.45) is 0 Å². The molecule has 0 aliphatic rings. The van der Waals surface area contributed by atoms with Crippen molar-refractivity contribution >= 4 is 41.9 Å². The first-order chi connectivity index (χ1) is 14.2. The third-order valence-electron chi connectivity index (χ3n) is 4.08. The maximum atomic E-state index is 12.0. The Morgan fingerprint density at radius 2 is 1.77 bits per heavy atom. The average molecular weight is 440 g/mol. The summed E-state index contributed by atoms with van der Waals surface area (Å²) in [4.78, 5) is 16.4. The molecule has 152 valence electrons. The van der Waals surface area contributed by atoms with Crippen LogP contribution in [0.2, 0.25) is 0 Å². The van der Waals surface area contributed by atoms with Gasteiger partial charge in [-0.1, -0.05) is 36.4 Å². The van der Waals surface area contributed by atoms with Gasteiger partial charge in [-0.2, -0.15) is 0 Å². The minimum Gasteiger partial charge on any atom is -0.492 e. The minimum absolute atomic E-state index is 0. The highest BCUT2D eigenvalue weighted by molar-refractivity contribution is 7.09. The molecule has 0 aliphatic heterocycles. The van der Waals surface area contributed by atoms with Crippen molar-refractivity contribution in [2.75, 3.05) is 0 Å². The van der Waals surface area contributed by atoms with Gasteiger partial charge in [0.15, 0.2) is 0 Å². The molecule has 0 bridgehead atoms. The predicted molar refractivity (Wildman–Crippen MR) is 119 cm³/mol. The number of hydrogen-bond donors (Lipinski definition) is 1. The summed E-state index contributed by atoms with van der Waals surface area (Å²) in [7, 11) is 0. The smallest absolute Gasteiger partial charge is 0.338 e. The van der Waals surface area contributed by atoms with E-state index in [1.165, 1.54) is 11.3 Å². The zero-order valence-electron chi connectivity index (χ0n) is 15.7. The van der Waals surface area contributed by atoms with Gasteiger partial charge in [-0.3, -0.25) is 0 Å². The third kappa shape index (κ3) is 5.14. The summed E-state index contributed by atoms with van der Waals surface area (Å²) in [6, 6.07) is 18.4. The van der Waals surface area contributed by atoms with Crippen LogP contribution < -0.4 is 0 Å². The van der Waals surface area contributed by atoms with E-state index in [1.807, 2.05) is 41.8 Å². The molecule has 0 atom stereocenters. The Balaban J connectivity index is 0.00000256. The van der Waals surface area contributed by atoms with Gasteiger partial charge in [-0.25, -0.2) is 14.5 Å². The van der Waals surface area contributed by atoms with E-state index >= 15 is 0 Å². The van der Waals surface area contributed by atoms with E-state index in [0.29, 0.717) is 21.8 Å². The van der Waals surface area contributed by atoms with Crippen molar-refractivity contribution in [1.29, 1.82) is 0 Å². The Kier molecular flexibility index (Phi) is 7.00. The summed E-state index contributed by atoms with van der Waals surface area (Å²) in [6.07, 6.45) is 5.28. The van der Waals surface area contributed by atoms with Gasteiger partial charge in [0, 0.05) is 11.6 Å². The summed E-state index contributed by atoms with van der Waals surface area (Å²) in [5.74, 6) is -0.437. The standard InChI is InChI=1S/C22H17N3O3S.ClH/c26-21-17(13-25(24-21)19-9-5-2-6-10-19)11-12-18-15-29-20(23-18)14-28-22(27)16-7-3-1-4-8-16;/h1-13,15H,14H2,(H,24,26);1H. The number of carbonyl (C=O) groups is 1. The molecule has 0 aliphatic carbocycles. The summed E-state index contributed by atoms with van der Waals surface area (Å²) in [5.41, 5.74) is 2.67. The molecule has 2 heterocycles. The largest absolute Gasteiger partial charge is 0.492 e. The van der Waals surface area contributed by atoms with Gasteiger partial charge in [0.25, 0.3) is 0 Å². The van der Waals surface area contributed by atoms with Crippen LogP contribution in [0.4, 0.5) is 0 Å². The molecule has 1 N–H and O–H groups in total. The van der Waals surface area contributed by atoms with Crippen molar-refractivity contribution in [3.63, 3.8) is 0 Å². The highest BCUT2D eigenvalue weighted by Gasteiger charge is 2.09. The molecule has 0 unspecified atom stereocenters. The second kappa shape index (κ2) is 9.87. The molecular formula is C22H18ClN3O3S. The quantitative estimate of drug-likeness (QED) is 0.428. The zero-order valence-corrected chi connectivity index (χ0v) is 17.3. The van der Waals surface area contributed by atoms with Crippen molar-refractivity contribution in [3.8, 4) is 11.6 Å². The molecule has 8 heteroatoms. The van der Waals surface area contributed by atoms with Crippen LogP contribution in [0.5, 0.6) is 5.88 Å². The first kappa shape index (κ1) is 21.3. The van der Waals surface area contributed by atoms with Crippen LogP contribution in [0, 0.1) is 0 Å². The van der Waals surface area contributed by atoms with Crippen LogP contribution in [-0.4, -0.2) is 25.8 Å². The monoisotopic (exact) mass is 439 g/mol. The molecule has 0 spiro atoms. The fraction of sp³-hybridized carbons (Fsp3) is 0.0455. The molecule has 0 amide bonds. The van der Waals surface area contributed by atoms with E-state index < -0.39 is 0 Å². The normalized spacial score (nSPS) is 10.7. The molecule has 0 saturated heterocycles. The van der Waals surface area contributed by atoms with Crippen LogP contribution in [0.25, 0.3) is 17.8 Å². The molecular weight excluding hydrogens is 422 g/mol. The molecule has 6 nitrogen and oxygen atoms in total. The van der Waals surface area contributed by atoms with Crippen molar-refractivity contribution in [1.82, 2.24) is 14.8 Å². The fourth-order valence-corrected chi connectivity index (χ4v) is 3.31. The molecule has 30 heavy (non-hydrogen) atoms. The highest BCUT2D eigenvalue weighted by atomic mass is 35.5. The number of hydrogen-bond acceptors (Lipinski definition) is 6. The van der Waals surface area contributed by atoms with Gasteiger partial charge in [0.1, 0.15) is 11.6 Å². The van der Waals surface area contributed by atoms with Crippen LogP contribution >= 0.6 is 23.7 Å². The lowest BCUT2D eigenvalue weighted by atomic mass is 10.2. The van der Waals surface area contributed by atoms with Gasteiger partial charge in [0.2, 0.25) is 5.88 Å². The molecule has 0 saturated carbocycles. The predicted octanol–water partition coefficient (Wildman–Crippen LogP) is 4.98. The van der Waals surface area contributed by atoms with Gasteiger partial charge < -0.3 is 9.84 Å². The Hall–Kier alpha value is -3.42. The summed E-state index contributed by atoms with van der Waals surface area (Å²) >= 11 is 1.41. The SMILES string of the molecule is Cl.O=C(OCc1nc(C=Cc2cn(-c3ccccc3)nc2O)cs1)c1ccccc1. The van der Waals surface area contributed by atoms with E-state index in [2.05, 4.69) is 10.1 Å². The minimum atomic E-state index is -0.379. The van der Waals surface area contributed by atoms with E-state index in [0.717, 1.165) is 5.69 Å². The number of aromatic hydroxyl groups is 1. The molecule has 2 aromatic carbocycles. The Morgan fingerprint density at radius 1 is 1.07 bits per heavy atom. The van der Waals surface area contributed by atoms with Gasteiger partial charge in [-0.05, 0) is 36.4 Å². The number of thiazole rings is 1. The molecule has 4 rings (SSSR count). The number of benzene rings is 2. The van der Waals surface area contributed by atoms with Gasteiger partial charge >= 0.3 is 5.97 Å². The van der Waals surface area contributed by atoms with Crippen LogP contribution in [-0.2, 0) is 11.3 Å². The Morgan fingerprint density at radius 3 is 2.50 bits per heavy atom. The summed E-state index contributed by atoms with van der Waals surface area (Å²) in [6.45, 7) is 0.115. The van der Waals surface area contributed by atoms with Crippen molar-refractivity contribution in [3.05, 3.63) is 94.1 Å². The Labute approximate surface area is 183 Å². The average Bonchev–Trinajstić information content (AvgIpc) is 3.38. The number of carbonyl (C=O) groups excluding carboxylic acids is 1. The molecule has 0 radical (unpaired) electrons. The number of ether oxygens (including phenoxy) is 1. The first-order valence-corrected chi connectivity index (χ1v) is 9.76. The number of halogens is 1. The Bertz CT molecular complexity index is 1140.